The van der Waals surface area contributed by atoms with Crippen LogP contribution in [-0.2, 0) is 30.5 Å². The van der Waals surface area contributed by atoms with Crippen molar-refractivity contribution in [3.05, 3.63) is 169 Å². The highest BCUT2D eigenvalue weighted by atomic mass is 79.9. The summed E-state index contributed by atoms with van der Waals surface area (Å²) >= 11 is 34.2. The average molecular weight is 1230 g/mol. The number of rotatable bonds is 11. The number of anilines is 2. The number of nitrogens with zero attached hydrogens (tertiary/aromatic N) is 4. The van der Waals surface area contributed by atoms with Gasteiger partial charge in [-0.05, 0) is 190 Å². The zero-order valence-corrected chi connectivity index (χ0v) is 48.7. The molecule has 0 saturated carbocycles. The van der Waals surface area contributed by atoms with E-state index in [0.717, 1.165) is 102 Å². The van der Waals surface area contributed by atoms with E-state index in [0.29, 0.717) is 38.4 Å². The number of aldehydes is 1. The number of allylic oxidation sites excluding steroid dienone is 3. The van der Waals surface area contributed by atoms with Gasteiger partial charge in [0.15, 0.2) is 0 Å². The SMILES string of the molecule is C.CN(C)CCC1=C(C2=Nc3cc(Cl)c(Cl)cc3C2)Cc2cc(Br)ccc21.CN(C)CCC1=C(C=O)Cc2cc(Br)ccc21.CN(C)CCC1=CCc2cc(Br)ccc21.Nc1cc(Cl)c(Cl)cc1N.[2H]CC. The fourth-order valence-corrected chi connectivity index (χ4v) is 10.4. The molecule has 5 aromatic rings. The van der Waals surface area contributed by atoms with Crippen molar-refractivity contribution < 1.29 is 6.17 Å². The molecule has 9 rings (SSSR count). The monoisotopic (exact) mass is 1230 g/mol. The largest absolute Gasteiger partial charge is 0.397 e. The lowest BCUT2D eigenvalue weighted by atomic mass is 9.98. The van der Waals surface area contributed by atoms with Gasteiger partial charge in [0.25, 0.3) is 0 Å². The molecule has 0 fully saturated rings. The Morgan fingerprint density at radius 2 is 1.06 bits per heavy atom. The van der Waals surface area contributed by atoms with Crippen LogP contribution in [0, 0.1) is 0 Å². The molecular formula is C57H67Br3Cl4N6O. The Labute approximate surface area is 470 Å². The molecule has 0 unspecified atom stereocenters. The minimum atomic E-state index is 0. The van der Waals surface area contributed by atoms with E-state index >= 15 is 0 Å². The summed E-state index contributed by atoms with van der Waals surface area (Å²) in [6, 6.07) is 26.3. The van der Waals surface area contributed by atoms with Gasteiger partial charge in [0.2, 0.25) is 0 Å². The van der Waals surface area contributed by atoms with E-state index in [1.807, 2.05) is 18.2 Å². The molecule has 1 aliphatic heterocycles. The van der Waals surface area contributed by atoms with Gasteiger partial charge in [0.1, 0.15) is 6.29 Å². The molecule has 0 aromatic heterocycles. The Morgan fingerprint density at radius 3 is 1.59 bits per heavy atom. The van der Waals surface area contributed by atoms with Crippen LogP contribution in [0.15, 0.2) is 114 Å². The van der Waals surface area contributed by atoms with E-state index in [2.05, 4.69) is 159 Å². The van der Waals surface area contributed by atoms with E-state index in [9.17, 15) is 4.79 Å². The number of benzene rings is 5. The first-order valence-electron chi connectivity index (χ1n) is 23.7. The molecule has 1 heterocycles. The lowest BCUT2D eigenvalue weighted by molar-refractivity contribution is -0.104. The lowest BCUT2D eigenvalue weighted by Crippen LogP contribution is -2.14. The Balaban J connectivity index is 0.000000214. The second kappa shape index (κ2) is 28.4. The van der Waals surface area contributed by atoms with Crippen LogP contribution in [0.3, 0.4) is 0 Å². The number of nitrogens with two attached hydrogens (primary N) is 2. The number of hydrogen-bond donors (Lipinski definition) is 2. The molecule has 14 heteroatoms. The van der Waals surface area contributed by atoms with Crippen molar-refractivity contribution in [1.29, 1.82) is 0 Å². The Bertz CT molecular complexity index is 2790. The Morgan fingerprint density at radius 1 is 0.606 bits per heavy atom. The number of carbonyl (C=O) groups is 1. The molecule has 5 aromatic carbocycles. The Hall–Kier alpha value is -3.26. The maximum Gasteiger partial charge on any atom is 0.146 e. The van der Waals surface area contributed by atoms with Crippen LogP contribution in [0.2, 0.25) is 20.1 Å². The molecule has 0 bridgehead atoms. The number of nitrogen functional groups attached to an aromatic ring is 2. The van der Waals surface area contributed by atoms with Crippen LogP contribution >= 0.6 is 94.2 Å². The summed E-state index contributed by atoms with van der Waals surface area (Å²) in [5.74, 6) is 0. The van der Waals surface area contributed by atoms with Crippen molar-refractivity contribution in [2.45, 2.75) is 66.2 Å². The standard InChI is InChI=1S/C21H19BrCl2N2.C14H16BrNO.C13H16BrN.C6H6Cl2N2.C2H6.CH4/c1-26(2)6-5-16-15-4-3-14(22)7-12(15)8-17(16)21-10-13-9-18(23)19(24)11-20(13)25-21;1-16(2)6-5-14-11(9-17)7-10-8-12(15)3-4-13(10)14;1-15(2)8-7-10-3-4-11-9-12(14)5-6-13(10)11;7-3-1-5(9)6(10)2-4(3)8;1-2;/h3-4,7,9,11H,5-6,8,10H2,1-2H3;3-4,8-9H,5-7H2,1-2H3;3,5-6,9H,4,7-8H2,1-2H3;1-2H,9-10H2;1-2H3;1H4/i;;;;1D;. The minimum Gasteiger partial charge on any atom is -0.397 e. The van der Waals surface area contributed by atoms with Gasteiger partial charge in [-0.15, -0.1) is 0 Å². The topological polar surface area (TPSA) is 91.2 Å². The summed E-state index contributed by atoms with van der Waals surface area (Å²) in [5, 5.41) is 2.01. The summed E-state index contributed by atoms with van der Waals surface area (Å²) < 4.78 is 9.60. The van der Waals surface area contributed by atoms with Crippen molar-refractivity contribution >= 4 is 140 Å². The zero-order valence-electron chi connectivity index (χ0n) is 41.9. The minimum absolute atomic E-state index is 0. The number of hydrogen-bond acceptors (Lipinski definition) is 7. The van der Waals surface area contributed by atoms with E-state index < -0.39 is 0 Å². The first kappa shape index (κ1) is 58.6. The van der Waals surface area contributed by atoms with Crippen molar-refractivity contribution in [2.24, 2.45) is 4.99 Å². The first-order valence-corrected chi connectivity index (χ1v) is 26.9. The van der Waals surface area contributed by atoms with Crippen LogP contribution < -0.4 is 11.5 Å². The maximum absolute atomic E-state index is 11.1. The van der Waals surface area contributed by atoms with E-state index in [1.54, 1.807) is 6.92 Å². The molecule has 0 amide bonds. The molecule has 380 valence electrons. The number of aliphatic imine (C=N–C) groups is 1. The van der Waals surface area contributed by atoms with Crippen molar-refractivity contribution in [3.63, 3.8) is 0 Å². The molecule has 71 heavy (non-hydrogen) atoms. The zero-order chi connectivity index (χ0) is 52.1. The van der Waals surface area contributed by atoms with Crippen molar-refractivity contribution in [3.8, 4) is 0 Å². The van der Waals surface area contributed by atoms with Crippen LogP contribution in [0.4, 0.5) is 17.1 Å². The highest BCUT2D eigenvalue weighted by molar-refractivity contribution is 9.11. The second-order valence-corrected chi connectivity index (χ2v) is 22.3. The molecule has 0 atom stereocenters. The molecule has 3 aliphatic carbocycles. The third kappa shape index (κ3) is 16.6. The molecule has 0 radical (unpaired) electrons. The van der Waals surface area contributed by atoms with Crippen molar-refractivity contribution in [2.75, 3.05) is 73.4 Å². The number of halogens is 7. The fraction of sp³-hybridized carbons (Fsp3) is 0.333. The summed E-state index contributed by atoms with van der Waals surface area (Å²) in [6.07, 6.45) is 10.1. The van der Waals surface area contributed by atoms with Gasteiger partial charge in [0, 0.05) is 65.0 Å². The maximum atomic E-state index is 11.1. The molecule has 0 saturated heterocycles. The van der Waals surface area contributed by atoms with Crippen LogP contribution in [0.1, 0.15) is 80.8 Å². The molecule has 4 N–H and O–H groups in total. The third-order valence-electron chi connectivity index (χ3n) is 12.1. The molecule has 0 spiro atoms. The quantitative estimate of drug-likeness (QED) is 0.101. The smallest absolute Gasteiger partial charge is 0.146 e. The van der Waals surface area contributed by atoms with Gasteiger partial charge in [-0.3, -0.25) is 9.79 Å². The third-order valence-corrected chi connectivity index (χ3v) is 15.0. The van der Waals surface area contributed by atoms with Gasteiger partial charge in [-0.1, -0.05) is 140 Å². The normalized spacial score (nSPS) is 13.8. The van der Waals surface area contributed by atoms with Gasteiger partial charge in [-0.25, -0.2) is 0 Å². The van der Waals surface area contributed by atoms with Crippen LogP contribution in [-0.4, -0.2) is 88.6 Å². The van der Waals surface area contributed by atoms with Crippen LogP contribution in [0.5, 0.6) is 0 Å². The van der Waals surface area contributed by atoms with E-state index in [4.69, 9.17) is 64.2 Å². The molecule has 7 nitrogen and oxygen atoms in total. The highest BCUT2D eigenvalue weighted by Gasteiger charge is 2.28. The molecule has 4 aliphatic rings. The summed E-state index contributed by atoms with van der Waals surface area (Å²) in [7, 11) is 12.6. The summed E-state index contributed by atoms with van der Waals surface area (Å²) in [4.78, 5) is 22.6. The van der Waals surface area contributed by atoms with E-state index in [1.165, 1.54) is 72.3 Å². The van der Waals surface area contributed by atoms with Gasteiger partial charge < -0.3 is 26.2 Å². The summed E-state index contributed by atoms with van der Waals surface area (Å²) in [5.41, 5.74) is 29.6. The van der Waals surface area contributed by atoms with Gasteiger partial charge in [0.05, 0.1) is 37.2 Å². The predicted molar refractivity (Wildman–Crippen MR) is 322 cm³/mol. The fourth-order valence-electron chi connectivity index (χ4n) is 8.50. The number of carbonyl (C=O) groups excluding carboxylic acids is 1. The highest BCUT2D eigenvalue weighted by Crippen LogP contribution is 2.42. The first-order chi connectivity index (χ1) is 33.7. The Kier molecular flexibility index (Phi) is 23.5. The average Bonchev–Trinajstić information content (AvgIpc) is 4.09. The lowest BCUT2D eigenvalue weighted by Gasteiger charge is -2.13. The van der Waals surface area contributed by atoms with Gasteiger partial charge in [-0.2, -0.15) is 0 Å². The van der Waals surface area contributed by atoms with Gasteiger partial charge >= 0.3 is 0 Å². The van der Waals surface area contributed by atoms with E-state index in [-0.39, 0.29) is 7.43 Å². The number of fused-ring (bicyclic) bond motifs is 4. The van der Waals surface area contributed by atoms with Crippen LogP contribution in [0.25, 0.3) is 16.7 Å². The predicted octanol–water partition coefficient (Wildman–Crippen LogP) is 16.4. The molecular weight excluding hydrogens is 1170 g/mol. The van der Waals surface area contributed by atoms with Crippen molar-refractivity contribution in [1.82, 2.24) is 14.7 Å². The second-order valence-electron chi connectivity index (χ2n) is 18.0. The summed E-state index contributed by atoms with van der Waals surface area (Å²) in [6.45, 7) is 5.41.